The van der Waals surface area contributed by atoms with Crippen molar-refractivity contribution >= 4 is 6.03 Å². The van der Waals surface area contributed by atoms with Crippen molar-refractivity contribution in [3.8, 4) is 11.5 Å². The number of aliphatic hydroxyl groups is 1. The van der Waals surface area contributed by atoms with Crippen molar-refractivity contribution in [1.82, 2.24) is 10.2 Å². The number of carbonyl (C=O) groups is 1. The van der Waals surface area contributed by atoms with Crippen molar-refractivity contribution in [2.24, 2.45) is 0 Å². The molecule has 3 N–H and O–H groups in total. The van der Waals surface area contributed by atoms with E-state index >= 15 is 0 Å². The van der Waals surface area contributed by atoms with Gasteiger partial charge in [0, 0.05) is 19.2 Å². The lowest BCUT2D eigenvalue weighted by Crippen LogP contribution is -2.52. The summed E-state index contributed by atoms with van der Waals surface area (Å²) < 4.78 is 5.61. The minimum Gasteiger partial charge on any atom is -0.508 e. The molecule has 1 aliphatic rings. The summed E-state index contributed by atoms with van der Waals surface area (Å²) in [4.78, 5) is 14.1. The lowest BCUT2D eigenvalue weighted by molar-refractivity contribution is 0.113. The Hall–Kier alpha value is -1.95. The van der Waals surface area contributed by atoms with E-state index in [0.29, 0.717) is 18.7 Å². The molecule has 2 unspecified atom stereocenters. The zero-order valence-corrected chi connectivity index (χ0v) is 12.9. The van der Waals surface area contributed by atoms with Gasteiger partial charge in [-0.2, -0.15) is 0 Å². The normalized spacial score (nSPS) is 19.5. The van der Waals surface area contributed by atoms with Gasteiger partial charge in [0.25, 0.3) is 0 Å². The van der Waals surface area contributed by atoms with Crippen LogP contribution in [0.3, 0.4) is 0 Å². The van der Waals surface area contributed by atoms with E-state index in [2.05, 4.69) is 5.32 Å². The number of hydrogen-bond acceptors (Lipinski definition) is 4. The molecule has 6 nitrogen and oxygen atoms in total. The Balaban J connectivity index is 1.87. The fraction of sp³-hybridized carbons (Fsp3) is 0.562. The van der Waals surface area contributed by atoms with E-state index in [4.69, 9.17) is 9.84 Å². The molecule has 22 heavy (non-hydrogen) atoms. The number of nitrogens with one attached hydrogen (secondary N) is 1. The molecule has 1 fully saturated rings. The number of carbonyl (C=O) groups excluding carboxylic acids is 1. The number of piperidine rings is 1. The second-order valence-electron chi connectivity index (χ2n) is 5.56. The topological polar surface area (TPSA) is 82.0 Å². The number of phenolic OH excluding ortho intramolecular Hbond substituents is 1. The Morgan fingerprint density at radius 1 is 1.41 bits per heavy atom. The van der Waals surface area contributed by atoms with Crippen LogP contribution >= 0.6 is 0 Å². The summed E-state index contributed by atoms with van der Waals surface area (Å²) in [5, 5.41) is 21.2. The molecule has 1 aromatic rings. The quantitative estimate of drug-likeness (QED) is 0.727. The number of ether oxygens (including phenoxy) is 1. The van der Waals surface area contributed by atoms with Crippen LogP contribution < -0.4 is 10.1 Å². The van der Waals surface area contributed by atoms with Crippen LogP contribution in [0.25, 0.3) is 0 Å². The summed E-state index contributed by atoms with van der Waals surface area (Å²) in [6.07, 6.45) is 3.15. The zero-order valence-electron chi connectivity index (χ0n) is 12.9. The first-order valence-corrected chi connectivity index (χ1v) is 7.74. The van der Waals surface area contributed by atoms with E-state index in [9.17, 15) is 9.90 Å². The smallest absolute Gasteiger partial charge is 0.320 e. The van der Waals surface area contributed by atoms with Crippen LogP contribution in [0.15, 0.2) is 24.3 Å². The highest BCUT2D eigenvalue weighted by Gasteiger charge is 2.27. The second-order valence-corrected chi connectivity index (χ2v) is 5.56. The van der Waals surface area contributed by atoms with Crippen molar-refractivity contribution in [3.05, 3.63) is 24.3 Å². The molecule has 2 amide bonds. The number of amides is 2. The third kappa shape index (κ3) is 4.53. The molecule has 1 aromatic carbocycles. The van der Waals surface area contributed by atoms with Gasteiger partial charge in [-0.1, -0.05) is 0 Å². The summed E-state index contributed by atoms with van der Waals surface area (Å²) >= 11 is 0. The third-order valence-electron chi connectivity index (χ3n) is 3.83. The van der Waals surface area contributed by atoms with E-state index in [-0.39, 0.29) is 24.4 Å². The number of aliphatic hydroxyl groups excluding tert-OH is 1. The van der Waals surface area contributed by atoms with E-state index in [1.807, 2.05) is 0 Å². The van der Waals surface area contributed by atoms with E-state index in [1.54, 1.807) is 24.0 Å². The molecule has 2 rings (SSSR count). The van der Waals surface area contributed by atoms with Crippen molar-refractivity contribution in [1.29, 1.82) is 0 Å². The van der Waals surface area contributed by atoms with Crippen molar-refractivity contribution < 1.29 is 19.7 Å². The molecule has 0 aromatic heterocycles. The summed E-state index contributed by atoms with van der Waals surface area (Å²) in [5.41, 5.74) is 0. The molecule has 0 aliphatic carbocycles. The number of urea groups is 1. The maximum atomic E-state index is 12.4. The lowest BCUT2D eigenvalue weighted by Gasteiger charge is -2.36. The van der Waals surface area contributed by atoms with Crippen LogP contribution in [-0.4, -0.2) is 46.6 Å². The minimum atomic E-state index is -0.478. The molecular weight excluding hydrogens is 284 g/mol. The Morgan fingerprint density at radius 3 is 2.82 bits per heavy atom. The van der Waals surface area contributed by atoms with Crippen molar-refractivity contribution in [2.45, 2.75) is 44.9 Å². The predicted molar refractivity (Wildman–Crippen MR) is 82.8 cm³/mol. The van der Waals surface area contributed by atoms with Gasteiger partial charge in [-0.15, -0.1) is 0 Å². The number of rotatable bonds is 5. The highest BCUT2D eigenvalue weighted by atomic mass is 16.5. The first-order chi connectivity index (χ1) is 10.6. The fourth-order valence-electron chi connectivity index (χ4n) is 2.73. The molecule has 1 heterocycles. The minimum absolute atomic E-state index is 0.0913. The molecule has 0 radical (unpaired) electrons. The number of phenols is 1. The fourth-order valence-corrected chi connectivity index (χ4v) is 2.73. The van der Waals surface area contributed by atoms with E-state index in [0.717, 1.165) is 19.3 Å². The number of benzene rings is 1. The SMILES string of the molecule is CC(NC(=O)N1CCCCC1CCO)Oc1ccc(O)cc1. The van der Waals surface area contributed by atoms with Gasteiger partial charge < -0.3 is 25.2 Å². The molecule has 0 bridgehead atoms. The first-order valence-electron chi connectivity index (χ1n) is 7.74. The standard InChI is InChI=1S/C16H24N2O4/c1-12(22-15-7-5-14(20)6-8-15)17-16(21)18-10-3-2-4-13(18)9-11-19/h5-8,12-13,19-20H,2-4,9-11H2,1H3,(H,17,21). The molecule has 0 spiro atoms. The zero-order chi connectivity index (χ0) is 15.9. The van der Waals surface area contributed by atoms with Crippen molar-refractivity contribution in [2.75, 3.05) is 13.2 Å². The van der Waals surface area contributed by atoms with E-state index in [1.165, 1.54) is 12.1 Å². The van der Waals surface area contributed by atoms with Gasteiger partial charge in [-0.05, 0) is 56.9 Å². The lowest BCUT2D eigenvalue weighted by atomic mass is 10.0. The highest BCUT2D eigenvalue weighted by Crippen LogP contribution is 2.20. The monoisotopic (exact) mass is 308 g/mol. The Kier molecular flexibility index (Phi) is 5.89. The average Bonchev–Trinajstić information content (AvgIpc) is 2.50. The molecule has 6 heteroatoms. The maximum Gasteiger partial charge on any atom is 0.320 e. The van der Waals surface area contributed by atoms with Crippen LogP contribution in [0.4, 0.5) is 4.79 Å². The molecule has 0 saturated carbocycles. The number of hydrogen-bond donors (Lipinski definition) is 3. The van der Waals surface area contributed by atoms with E-state index < -0.39 is 6.23 Å². The summed E-state index contributed by atoms with van der Waals surface area (Å²) in [6, 6.07) is 6.29. The average molecular weight is 308 g/mol. The molecule has 2 atom stereocenters. The summed E-state index contributed by atoms with van der Waals surface area (Å²) in [5.74, 6) is 0.750. The maximum absolute atomic E-state index is 12.4. The molecule has 1 aliphatic heterocycles. The Morgan fingerprint density at radius 2 is 2.14 bits per heavy atom. The summed E-state index contributed by atoms with van der Waals surface area (Å²) in [6.45, 7) is 2.56. The number of nitrogens with zero attached hydrogens (tertiary/aromatic N) is 1. The first kappa shape index (κ1) is 16.4. The van der Waals surface area contributed by atoms with Gasteiger partial charge >= 0.3 is 6.03 Å². The summed E-state index contributed by atoms with van der Waals surface area (Å²) in [7, 11) is 0. The van der Waals surface area contributed by atoms with Gasteiger partial charge in [-0.3, -0.25) is 0 Å². The van der Waals surface area contributed by atoms with Crippen LogP contribution in [-0.2, 0) is 0 Å². The third-order valence-corrected chi connectivity index (χ3v) is 3.83. The van der Waals surface area contributed by atoms with Gasteiger partial charge in [0.15, 0.2) is 6.23 Å². The Labute approximate surface area is 130 Å². The second kappa shape index (κ2) is 7.89. The van der Waals surface area contributed by atoms with Gasteiger partial charge in [-0.25, -0.2) is 4.79 Å². The molecule has 122 valence electrons. The largest absolute Gasteiger partial charge is 0.508 e. The highest BCUT2D eigenvalue weighted by molar-refractivity contribution is 5.74. The predicted octanol–water partition coefficient (Wildman–Crippen LogP) is 2.06. The van der Waals surface area contributed by atoms with Crippen LogP contribution in [0.2, 0.25) is 0 Å². The molecular formula is C16H24N2O4. The number of likely N-dealkylation sites (tertiary alicyclic amines) is 1. The van der Waals surface area contributed by atoms with Crippen LogP contribution in [0.5, 0.6) is 11.5 Å². The van der Waals surface area contributed by atoms with Crippen LogP contribution in [0, 0.1) is 0 Å². The van der Waals surface area contributed by atoms with Crippen molar-refractivity contribution in [3.63, 3.8) is 0 Å². The van der Waals surface area contributed by atoms with Gasteiger partial charge in [0.05, 0.1) is 0 Å². The van der Waals surface area contributed by atoms with Gasteiger partial charge in [0.2, 0.25) is 0 Å². The van der Waals surface area contributed by atoms with Crippen LogP contribution in [0.1, 0.15) is 32.6 Å². The molecule has 1 saturated heterocycles. The Bertz CT molecular complexity index is 476. The van der Waals surface area contributed by atoms with Gasteiger partial charge in [0.1, 0.15) is 11.5 Å². The number of aromatic hydroxyl groups is 1.